The van der Waals surface area contributed by atoms with E-state index in [-0.39, 0.29) is 5.91 Å². The first-order valence-electron chi connectivity index (χ1n) is 3.95. The van der Waals surface area contributed by atoms with E-state index in [1.807, 2.05) is 4.90 Å². The average molecular weight is 149 g/mol. The van der Waals surface area contributed by atoms with Crippen LogP contribution in [0.2, 0.25) is 0 Å². The molecule has 1 saturated heterocycles. The fourth-order valence-electron chi connectivity index (χ4n) is 2.03. The van der Waals surface area contributed by atoms with Crippen molar-refractivity contribution in [3.05, 3.63) is 0 Å². The Morgan fingerprint density at radius 3 is 2.45 bits per heavy atom. The minimum Gasteiger partial charge on any atom is -0.342 e. The van der Waals surface area contributed by atoms with E-state index in [4.69, 9.17) is 6.42 Å². The lowest BCUT2D eigenvalue weighted by Crippen LogP contribution is -2.28. The predicted octanol–water partition coefficient (Wildman–Crippen LogP) is 0.344. The molecule has 0 bridgehead atoms. The smallest absolute Gasteiger partial charge is 0.219 e. The summed E-state index contributed by atoms with van der Waals surface area (Å²) >= 11 is 0. The van der Waals surface area contributed by atoms with Crippen LogP contribution < -0.4 is 0 Å². The molecule has 1 heterocycles. The summed E-state index contributed by atoms with van der Waals surface area (Å²) < 4.78 is 0. The molecule has 58 valence electrons. The second-order valence-corrected chi connectivity index (χ2v) is 3.44. The van der Waals surface area contributed by atoms with Gasteiger partial charge >= 0.3 is 0 Å². The molecular weight excluding hydrogens is 138 g/mol. The molecule has 2 fully saturated rings. The Hall–Kier alpha value is -0.970. The van der Waals surface area contributed by atoms with Gasteiger partial charge in [0.25, 0.3) is 0 Å². The second-order valence-electron chi connectivity index (χ2n) is 3.44. The molecule has 3 atom stereocenters. The van der Waals surface area contributed by atoms with E-state index in [1.54, 1.807) is 6.92 Å². The summed E-state index contributed by atoms with van der Waals surface area (Å²) in [5.41, 5.74) is 0. The number of hydrogen-bond acceptors (Lipinski definition) is 1. The van der Waals surface area contributed by atoms with Crippen LogP contribution in [0.15, 0.2) is 0 Å². The van der Waals surface area contributed by atoms with Gasteiger partial charge in [-0.1, -0.05) is 0 Å². The van der Waals surface area contributed by atoms with Crippen LogP contribution >= 0.6 is 0 Å². The number of nitrogens with zero attached hydrogens (tertiary/aromatic N) is 1. The van der Waals surface area contributed by atoms with Crippen molar-refractivity contribution in [1.82, 2.24) is 4.90 Å². The number of fused-ring (bicyclic) bond motifs is 1. The SMILES string of the molecule is C#CC1[C@H]2CN(C(C)=O)C[C@@H]12. The lowest BCUT2D eigenvalue weighted by Gasteiger charge is -2.15. The van der Waals surface area contributed by atoms with Gasteiger partial charge in [-0.3, -0.25) is 4.79 Å². The molecule has 0 aromatic rings. The van der Waals surface area contributed by atoms with Gasteiger partial charge in [0.05, 0.1) is 0 Å². The molecule has 0 aromatic carbocycles. The highest BCUT2D eigenvalue weighted by molar-refractivity contribution is 5.73. The normalized spacial score (nSPS) is 39.6. The van der Waals surface area contributed by atoms with Crippen molar-refractivity contribution in [2.24, 2.45) is 17.8 Å². The zero-order valence-electron chi connectivity index (χ0n) is 6.58. The number of carbonyl (C=O) groups is 1. The van der Waals surface area contributed by atoms with E-state index in [1.165, 1.54) is 0 Å². The largest absolute Gasteiger partial charge is 0.342 e. The van der Waals surface area contributed by atoms with Crippen molar-refractivity contribution in [1.29, 1.82) is 0 Å². The first-order chi connectivity index (χ1) is 5.24. The molecule has 0 N–H and O–H groups in total. The molecular formula is C9H11NO. The van der Waals surface area contributed by atoms with Crippen LogP contribution in [-0.4, -0.2) is 23.9 Å². The highest BCUT2D eigenvalue weighted by atomic mass is 16.2. The van der Waals surface area contributed by atoms with Gasteiger partial charge in [0.1, 0.15) is 0 Å². The second kappa shape index (κ2) is 2.01. The third-order valence-corrected chi connectivity index (χ3v) is 2.83. The summed E-state index contributed by atoms with van der Waals surface area (Å²) in [6.45, 7) is 3.42. The Morgan fingerprint density at radius 2 is 2.09 bits per heavy atom. The number of terminal acetylenes is 1. The number of hydrogen-bond donors (Lipinski definition) is 0. The summed E-state index contributed by atoms with van der Waals surface area (Å²) in [7, 11) is 0. The number of rotatable bonds is 0. The van der Waals surface area contributed by atoms with Crippen molar-refractivity contribution < 1.29 is 4.79 Å². The van der Waals surface area contributed by atoms with Gasteiger partial charge in [0, 0.05) is 25.9 Å². The first kappa shape index (κ1) is 6.72. The molecule has 1 aliphatic heterocycles. The van der Waals surface area contributed by atoms with Gasteiger partial charge in [-0.25, -0.2) is 0 Å². The van der Waals surface area contributed by atoms with Crippen molar-refractivity contribution >= 4 is 5.91 Å². The highest BCUT2D eigenvalue weighted by Gasteiger charge is 2.55. The Balaban J connectivity index is 1.95. The molecule has 2 aliphatic rings. The molecule has 2 nitrogen and oxygen atoms in total. The number of carbonyl (C=O) groups excluding carboxylic acids is 1. The van der Waals surface area contributed by atoms with Crippen LogP contribution in [0.5, 0.6) is 0 Å². The van der Waals surface area contributed by atoms with E-state index in [9.17, 15) is 4.79 Å². The lowest BCUT2D eigenvalue weighted by atomic mass is 10.3. The summed E-state index contributed by atoms with van der Waals surface area (Å²) in [6.07, 6.45) is 5.29. The van der Waals surface area contributed by atoms with Crippen LogP contribution in [0.3, 0.4) is 0 Å². The van der Waals surface area contributed by atoms with E-state index < -0.39 is 0 Å². The summed E-state index contributed by atoms with van der Waals surface area (Å²) in [5.74, 6) is 4.69. The van der Waals surface area contributed by atoms with Crippen molar-refractivity contribution in [2.45, 2.75) is 6.92 Å². The van der Waals surface area contributed by atoms with Crippen LogP contribution in [0.25, 0.3) is 0 Å². The van der Waals surface area contributed by atoms with Gasteiger partial charge in [-0.05, 0) is 11.8 Å². The van der Waals surface area contributed by atoms with Gasteiger partial charge in [-0.15, -0.1) is 12.3 Å². The van der Waals surface area contributed by atoms with Crippen LogP contribution in [0.4, 0.5) is 0 Å². The topological polar surface area (TPSA) is 20.3 Å². The summed E-state index contributed by atoms with van der Waals surface area (Å²) in [4.78, 5) is 12.8. The van der Waals surface area contributed by atoms with E-state index in [0.717, 1.165) is 13.1 Å². The molecule has 0 spiro atoms. The monoisotopic (exact) mass is 149 g/mol. The maximum absolute atomic E-state index is 10.9. The summed E-state index contributed by atoms with van der Waals surface area (Å²) in [6, 6.07) is 0. The number of piperidine rings is 1. The van der Waals surface area contributed by atoms with Crippen molar-refractivity contribution in [3.63, 3.8) is 0 Å². The van der Waals surface area contributed by atoms with E-state index in [2.05, 4.69) is 5.92 Å². The van der Waals surface area contributed by atoms with E-state index in [0.29, 0.717) is 17.8 Å². The lowest BCUT2D eigenvalue weighted by molar-refractivity contribution is -0.128. The molecule has 0 aromatic heterocycles. The highest BCUT2D eigenvalue weighted by Crippen LogP contribution is 2.50. The summed E-state index contributed by atoms with van der Waals surface area (Å²) in [5, 5.41) is 0. The third kappa shape index (κ3) is 0.841. The Labute approximate surface area is 66.6 Å². The maximum Gasteiger partial charge on any atom is 0.219 e. The predicted molar refractivity (Wildman–Crippen MR) is 41.6 cm³/mol. The molecule has 1 amide bonds. The fraction of sp³-hybridized carbons (Fsp3) is 0.667. The molecule has 2 heteroatoms. The molecule has 1 saturated carbocycles. The Morgan fingerprint density at radius 1 is 1.55 bits per heavy atom. The molecule has 1 aliphatic carbocycles. The number of likely N-dealkylation sites (tertiary alicyclic amines) is 1. The quantitative estimate of drug-likeness (QED) is 0.455. The van der Waals surface area contributed by atoms with Crippen LogP contribution in [0, 0.1) is 30.1 Å². The first-order valence-corrected chi connectivity index (χ1v) is 3.95. The standard InChI is InChI=1S/C9H11NO/c1-3-7-8-4-10(6(2)11)5-9(7)8/h1,7-9H,4-5H2,2H3/t7?,8-,9+. The molecule has 0 radical (unpaired) electrons. The molecule has 1 unspecified atom stereocenters. The van der Waals surface area contributed by atoms with Gasteiger partial charge < -0.3 is 4.90 Å². The minimum absolute atomic E-state index is 0.188. The zero-order chi connectivity index (χ0) is 8.01. The van der Waals surface area contributed by atoms with Crippen LogP contribution in [0.1, 0.15) is 6.92 Å². The Kier molecular flexibility index (Phi) is 1.23. The average Bonchev–Trinajstić information content (AvgIpc) is 2.41. The van der Waals surface area contributed by atoms with Gasteiger partial charge in [0.2, 0.25) is 5.91 Å². The minimum atomic E-state index is 0.188. The molecule has 2 rings (SSSR count). The van der Waals surface area contributed by atoms with Gasteiger partial charge in [0.15, 0.2) is 0 Å². The fourth-order valence-corrected chi connectivity index (χ4v) is 2.03. The van der Waals surface area contributed by atoms with Crippen molar-refractivity contribution in [2.75, 3.05) is 13.1 Å². The molecule has 11 heavy (non-hydrogen) atoms. The van der Waals surface area contributed by atoms with Gasteiger partial charge in [-0.2, -0.15) is 0 Å². The third-order valence-electron chi connectivity index (χ3n) is 2.83. The van der Waals surface area contributed by atoms with E-state index >= 15 is 0 Å². The maximum atomic E-state index is 10.9. The number of amides is 1. The van der Waals surface area contributed by atoms with Crippen LogP contribution in [-0.2, 0) is 4.79 Å². The zero-order valence-corrected chi connectivity index (χ0v) is 6.58. The Bertz CT molecular complexity index is 228. The van der Waals surface area contributed by atoms with Crippen molar-refractivity contribution in [3.8, 4) is 12.3 Å².